The minimum absolute atomic E-state index is 0.00999. The second-order valence-electron chi connectivity index (χ2n) is 20.2. The fourth-order valence-electron chi connectivity index (χ4n) is 8.19. The summed E-state index contributed by atoms with van der Waals surface area (Å²) >= 11 is 0. The summed E-state index contributed by atoms with van der Waals surface area (Å²) < 4.78 is 0. The predicted molar refractivity (Wildman–Crippen MR) is 307 cm³/mol. The normalized spacial score (nSPS) is 14.3. The van der Waals surface area contributed by atoms with E-state index in [9.17, 15) is 72.5 Å². The number of anilines is 2. The van der Waals surface area contributed by atoms with Crippen LogP contribution in [0.1, 0.15) is 74.6 Å². The molecule has 0 unspecified atom stereocenters. The molecule has 5 heterocycles. The van der Waals surface area contributed by atoms with Crippen LogP contribution >= 0.6 is 0 Å². The molecule has 1 saturated heterocycles. The maximum Gasteiger partial charge on any atom is 0.253 e. The van der Waals surface area contributed by atoms with Crippen molar-refractivity contribution in [2.75, 3.05) is 56.5 Å². The van der Waals surface area contributed by atoms with Crippen LogP contribution in [0, 0.1) is 5.92 Å². The molecule has 32 nitrogen and oxygen atoms in total. The van der Waals surface area contributed by atoms with Crippen molar-refractivity contribution in [1.82, 2.24) is 72.7 Å². The lowest BCUT2D eigenvalue weighted by Crippen LogP contribution is -2.53. The number of amides is 13. The van der Waals surface area contributed by atoms with Gasteiger partial charge in [0, 0.05) is 25.9 Å². The topological polar surface area (TPSA) is 476 Å². The molecular weight excluding hydrogens is 1140 g/mol. The van der Waals surface area contributed by atoms with Crippen LogP contribution in [0.5, 0.6) is 0 Å². The number of rotatable bonds is 29. The van der Waals surface area contributed by atoms with Crippen LogP contribution < -0.4 is 64.2 Å². The number of hydrogen-bond donors (Lipinski definition) is 14. The molecule has 0 radical (unpaired) electrons. The smallest absolute Gasteiger partial charge is 0.253 e. The number of pyridine rings is 4. The largest absolute Gasteiger partial charge is 0.394 e. The molecule has 32 heteroatoms. The molecule has 0 aromatic carbocycles. The highest BCUT2D eigenvalue weighted by Crippen LogP contribution is 2.20. The van der Waals surface area contributed by atoms with Crippen molar-refractivity contribution in [1.29, 1.82) is 0 Å². The number of carbonyl (C=O) groups excluding carboxylic acids is 13. The van der Waals surface area contributed by atoms with Gasteiger partial charge in [-0.25, -0.2) is 0 Å². The van der Waals surface area contributed by atoms with Crippen LogP contribution in [0.4, 0.5) is 11.4 Å². The van der Waals surface area contributed by atoms with Crippen LogP contribution in [-0.4, -0.2) is 194 Å². The Balaban J connectivity index is 0.995. The summed E-state index contributed by atoms with van der Waals surface area (Å²) in [6, 6.07) is 6.06. The second kappa shape index (κ2) is 32.6. The summed E-state index contributed by atoms with van der Waals surface area (Å²) in [6.07, 6.45) is 4.80. The Bertz CT molecular complexity index is 3160. The Hall–Kier alpha value is -10.4. The van der Waals surface area contributed by atoms with E-state index in [1.807, 2.05) is 13.8 Å². The van der Waals surface area contributed by atoms with E-state index in [4.69, 9.17) is 5.73 Å². The van der Waals surface area contributed by atoms with Gasteiger partial charge in [-0.2, -0.15) is 0 Å². The fraction of sp³-hybridized carbons (Fsp3) is 0.400. The summed E-state index contributed by atoms with van der Waals surface area (Å²) in [5.41, 5.74) is 7.06. The van der Waals surface area contributed by atoms with Crippen LogP contribution in [0.15, 0.2) is 73.3 Å². The first kappa shape index (κ1) is 67.4. The van der Waals surface area contributed by atoms with Gasteiger partial charge < -0.3 is 79.3 Å². The maximum absolute atomic E-state index is 13.2. The Morgan fingerprint density at radius 3 is 1.59 bits per heavy atom. The molecule has 464 valence electrons. The lowest BCUT2D eigenvalue weighted by Gasteiger charge is -2.24. The minimum atomic E-state index is -1.49. The van der Waals surface area contributed by atoms with E-state index in [-0.39, 0.29) is 42.2 Å². The van der Waals surface area contributed by atoms with Crippen molar-refractivity contribution in [3.63, 3.8) is 0 Å². The van der Waals surface area contributed by atoms with E-state index < -0.39 is 146 Å². The van der Waals surface area contributed by atoms with E-state index >= 15 is 0 Å². The van der Waals surface area contributed by atoms with Crippen LogP contribution in [0.3, 0.4) is 0 Å². The Labute approximate surface area is 497 Å². The van der Waals surface area contributed by atoms with Crippen molar-refractivity contribution in [3.05, 3.63) is 84.4 Å². The van der Waals surface area contributed by atoms with Gasteiger partial charge in [-0.3, -0.25) is 82.3 Å². The number of aromatic nitrogens is 4. The second-order valence-corrected chi connectivity index (χ2v) is 20.2. The van der Waals surface area contributed by atoms with Gasteiger partial charge in [0.2, 0.25) is 65.0 Å². The van der Waals surface area contributed by atoms with Crippen molar-refractivity contribution >= 4 is 88.2 Å². The zero-order valence-electron chi connectivity index (χ0n) is 48.1. The van der Waals surface area contributed by atoms with Gasteiger partial charge in [0.15, 0.2) is 0 Å². The third kappa shape index (κ3) is 21.3. The van der Waals surface area contributed by atoms with Gasteiger partial charge in [0.25, 0.3) is 11.8 Å². The van der Waals surface area contributed by atoms with Gasteiger partial charge in [-0.15, -0.1) is 0 Å². The lowest BCUT2D eigenvalue weighted by atomic mass is 10.0. The van der Waals surface area contributed by atoms with E-state index in [0.29, 0.717) is 41.3 Å². The van der Waals surface area contributed by atoms with E-state index in [0.717, 1.165) is 0 Å². The fourth-order valence-corrected chi connectivity index (χ4v) is 8.19. The van der Waals surface area contributed by atoms with E-state index in [1.54, 1.807) is 12.1 Å². The standard InChI is InChI=1S/C55H69N17O15/c1-28(2)17-40(69-46(79)24-57-31(5)75)53(85)68-35-11-15-39(61-21-35)36-12-8-32(18-58-36)50(82)70-41(27-73)52(84)65-26-47(80)72-16-6-7-42(72)54(86)64-23-44(77)62-25-45(78)66-29(3)49(81)67-34-10-14-38(60-20-34)37-13-9-33(19-59-37)51(83)71-48(30(4)74)55(87)63-22-43(56)76/h8-15,18-21,28-30,40-42,48,73-74H,6-7,16-17,22-27H2,1-5H3,(H2,56,76)(H,57,75)(H,62,77)(H,63,87)(H,64,86)(H,65,84)(H,66,78)(H,67,81)(H,68,85)(H,69,79)(H,70,82)(H,71,83)/t29-,30+,40-,41-,42-,48-/m0/s1. The molecule has 1 fully saturated rings. The Morgan fingerprint density at radius 1 is 0.563 bits per heavy atom. The summed E-state index contributed by atoms with van der Waals surface area (Å²) in [6.45, 7) is 4.49. The van der Waals surface area contributed by atoms with Crippen molar-refractivity contribution in [2.24, 2.45) is 11.7 Å². The first-order valence-corrected chi connectivity index (χ1v) is 27.2. The molecular formula is C55H69N17O15. The summed E-state index contributed by atoms with van der Waals surface area (Å²) in [5, 5.41) is 46.8. The summed E-state index contributed by atoms with van der Waals surface area (Å²) in [4.78, 5) is 182. The monoisotopic (exact) mass is 1210 g/mol. The molecule has 5 rings (SSSR count). The van der Waals surface area contributed by atoms with Gasteiger partial charge in [-0.05, 0) is 87.6 Å². The molecule has 1 aliphatic heterocycles. The van der Waals surface area contributed by atoms with Crippen molar-refractivity contribution in [3.8, 4) is 22.8 Å². The number of primary amides is 1. The first-order chi connectivity index (χ1) is 41.3. The van der Waals surface area contributed by atoms with E-state index in [2.05, 4.69) is 78.4 Å². The molecule has 4 aromatic rings. The number of nitrogens with two attached hydrogens (primary N) is 1. The van der Waals surface area contributed by atoms with Gasteiger partial charge in [-0.1, -0.05) is 13.8 Å². The highest BCUT2D eigenvalue weighted by Gasteiger charge is 2.35. The Kier molecular flexibility index (Phi) is 25.3. The Morgan fingerprint density at radius 2 is 1.08 bits per heavy atom. The zero-order valence-corrected chi connectivity index (χ0v) is 48.1. The van der Waals surface area contributed by atoms with Crippen LogP contribution in [0.2, 0.25) is 0 Å². The third-order valence-electron chi connectivity index (χ3n) is 12.7. The number of nitrogens with one attached hydrogen (secondary N) is 11. The number of carbonyl (C=O) groups is 13. The maximum atomic E-state index is 13.2. The summed E-state index contributed by atoms with van der Waals surface area (Å²) in [7, 11) is 0. The van der Waals surface area contributed by atoms with Crippen LogP contribution in [-0.2, 0) is 52.7 Å². The number of nitrogens with zero attached hydrogens (tertiary/aromatic N) is 5. The lowest BCUT2D eigenvalue weighted by molar-refractivity contribution is -0.139. The average Bonchev–Trinajstić information content (AvgIpc) is 3.14. The molecule has 0 spiro atoms. The minimum Gasteiger partial charge on any atom is -0.394 e. The summed E-state index contributed by atoms with van der Waals surface area (Å²) in [5.74, 6) is -8.91. The first-order valence-electron chi connectivity index (χ1n) is 27.2. The predicted octanol–water partition coefficient (Wildman–Crippen LogP) is -4.14. The molecule has 87 heavy (non-hydrogen) atoms. The van der Waals surface area contributed by atoms with Crippen molar-refractivity contribution in [2.45, 2.75) is 90.2 Å². The molecule has 4 aromatic heterocycles. The highest BCUT2D eigenvalue weighted by atomic mass is 16.3. The number of aliphatic hydroxyl groups excluding tert-OH is 2. The molecule has 0 aliphatic carbocycles. The highest BCUT2D eigenvalue weighted by molar-refractivity contribution is 6.01. The molecule has 15 N–H and O–H groups in total. The van der Waals surface area contributed by atoms with Gasteiger partial charge in [0.05, 0.1) is 103 Å². The van der Waals surface area contributed by atoms with Crippen LogP contribution in [0.25, 0.3) is 22.8 Å². The third-order valence-corrected chi connectivity index (χ3v) is 12.7. The number of likely N-dealkylation sites (tertiary alicyclic amines) is 1. The SMILES string of the molecule is CC(=O)NCC(=O)N[C@@H](CC(C)C)C(=O)Nc1ccc(-c2ccc(C(=O)N[C@@H](CO)C(=O)NCC(=O)N3CCC[C@H]3C(=O)NCC(=O)NCC(=O)N[C@@H](C)C(=O)Nc3ccc(-c4ccc(C(=O)N[C@H](C(=O)NCC(N)=O)[C@@H](C)O)cn4)nc3)cn2)nc1. The molecule has 13 amide bonds. The molecule has 0 saturated carbocycles. The van der Waals surface area contributed by atoms with E-state index in [1.165, 1.54) is 86.9 Å². The molecule has 1 aliphatic rings. The quantitative estimate of drug-likeness (QED) is 0.0245. The number of aliphatic hydroxyl groups is 2. The molecule has 0 bridgehead atoms. The van der Waals surface area contributed by atoms with Gasteiger partial charge >= 0.3 is 0 Å². The number of hydrogen-bond acceptors (Lipinski definition) is 19. The molecule has 6 atom stereocenters. The average molecular weight is 1210 g/mol. The van der Waals surface area contributed by atoms with Crippen molar-refractivity contribution < 1.29 is 72.5 Å². The zero-order chi connectivity index (χ0) is 63.9. The van der Waals surface area contributed by atoms with Gasteiger partial charge in [0.1, 0.15) is 30.2 Å².